The van der Waals surface area contributed by atoms with Crippen molar-refractivity contribution >= 4 is 0 Å². The van der Waals surface area contributed by atoms with Crippen LogP contribution in [0.3, 0.4) is 0 Å². The molecule has 1 unspecified atom stereocenters. The van der Waals surface area contributed by atoms with Gasteiger partial charge in [-0.25, -0.2) is 0 Å². The molecular formula is C9H19NO2. The lowest BCUT2D eigenvalue weighted by atomic mass is 9.86. The molecule has 0 aliphatic rings. The molecule has 0 saturated carbocycles. The van der Waals surface area contributed by atoms with E-state index in [9.17, 15) is 4.91 Å². The van der Waals surface area contributed by atoms with E-state index < -0.39 is 0 Å². The average molecular weight is 173 g/mol. The van der Waals surface area contributed by atoms with Crippen LogP contribution < -0.4 is 0 Å². The summed E-state index contributed by atoms with van der Waals surface area (Å²) in [6, 6.07) is 0. The first kappa shape index (κ1) is 11.4. The molecule has 0 aromatic heterocycles. The van der Waals surface area contributed by atoms with Crippen molar-refractivity contribution in [3.8, 4) is 0 Å². The second-order valence-electron chi connectivity index (χ2n) is 4.18. The van der Waals surface area contributed by atoms with E-state index >= 15 is 0 Å². The molecule has 0 rings (SSSR count). The lowest BCUT2D eigenvalue weighted by Crippen LogP contribution is -2.27. The summed E-state index contributed by atoms with van der Waals surface area (Å²) in [7, 11) is 0. The van der Waals surface area contributed by atoms with Gasteiger partial charge in [-0.05, 0) is 12.8 Å². The summed E-state index contributed by atoms with van der Waals surface area (Å²) >= 11 is 0. The van der Waals surface area contributed by atoms with E-state index in [2.05, 4.69) is 33.0 Å². The Hall–Kier alpha value is -0.600. The number of nitrogens with zero attached hydrogens (tertiary/aromatic N) is 1. The Morgan fingerprint density at radius 2 is 2.00 bits per heavy atom. The van der Waals surface area contributed by atoms with Gasteiger partial charge in [0.25, 0.3) is 0 Å². The standard InChI is InChI=1S/C9H19NO2/c1-5-6-7-8(12-10-11)9(2,3)4/h8H,5-7H2,1-4H3. The summed E-state index contributed by atoms with van der Waals surface area (Å²) in [5.41, 5.74) is 0.00306. The van der Waals surface area contributed by atoms with Crippen molar-refractivity contribution in [3.63, 3.8) is 0 Å². The molecule has 1 atom stereocenters. The van der Waals surface area contributed by atoms with Crippen molar-refractivity contribution in [2.75, 3.05) is 0 Å². The van der Waals surface area contributed by atoms with Gasteiger partial charge in [-0.3, -0.25) is 0 Å². The van der Waals surface area contributed by atoms with Crippen LogP contribution in [0.5, 0.6) is 0 Å². The molecule has 0 aliphatic heterocycles. The fourth-order valence-electron chi connectivity index (χ4n) is 1.09. The van der Waals surface area contributed by atoms with Crippen molar-refractivity contribution in [3.05, 3.63) is 4.91 Å². The third kappa shape index (κ3) is 4.31. The van der Waals surface area contributed by atoms with E-state index in [1.807, 2.05) is 0 Å². The van der Waals surface area contributed by atoms with Gasteiger partial charge in [-0.15, -0.1) is 4.91 Å². The second kappa shape index (κ2) is 5.12. The summed E-state index contributed by atoms with van der Waals surface area (Å²) in [5, 5.41) is 2.51. The van der Waals surface area contributed by atoms with Gasteiger partial charge in [-0.1, -0.05) is 34.1 Å². The molecule has 3 nitrogen and oxygen atoms in total. The Balaban J connectivity index is 3.94. The number of rotatable bonds is 5. The maximum atomic E-state index is 9.95. The maximum Gasteiger partial charge on any atom is 0.155 e. The van der Waals surface area contributed by atoms with Gasteiger partial charge in [0.2, 0.25) is 0 Å². The quantitative estimate of drug-likeness (QED) is 0.472. The van der Waals surface area contributed by atoms with Crippen LogP contribution in [0.4, 0.5) is 0 Å². The van der Waals surface area contributed by atoms with Gasteiger partial charge in [-0.2, -0.15) is 0 Å². The van der Waals surface area contributed by atoms with E-state index in [1.165, 1.54) is 0 Å². The Bertz CT molecular complexity index is 129. The van der Waals surface area contributed by atoms with Crippen LogP contribution in [0, 0.1) is 10.3 Å². The SMILES string of the molecule is CCCCC(ON=O)C(C)(C)C. The Morgan fingerprint density at radius 3 is 2.33 bits per heavy atom. The highest BCUT2D eigenvalue weighted by Crippen LogP contribution is 2.26. The molecule has 0 heterocycles. The molecule has 0 amide bonds. The van der Waals surface area contributed by atoms with Crippen LogP contribution in [0.1, 0.15) is 47.0 Å². The van der Waals surface area contributed by atoms with Crippen LogP contribution >= 0.6 is 0 Å². The van der Waals surface area contributed by atoms with Crippen LogP contribution in [0.15, 0.2) is 5.34 Å². The molecule has 0 spiro atoms. The number of hydrogen-bond donors (Lipinski definition) is 0. The third-order valence-electron chi connectivity index (χ3n) is 1.96. The molecule has 0 aliphatic carbocycles. The highest BCUT2D eigenvalue weighted by Gasteiger charge is 2.26. The van der Waals surface area contributed by atoms with Gasteiger partial charge < -0.3 is 4.84 Å². The van der Waals surface area contributed by atoms with Crippen LogP contribution in [0.2, 0.25) is 0 Å². The van der Waals surface area contributed by atoms with Crippen molar-refractivity contribution < 1.29 is 4.84 Å². The van der Waals surface area contributed by atoms with Crippen LogP contribution in [-0.2, 0) is 4.84 Å². The first-order chi connectivity index (χ1) is 5.52. The minimum absolute atomic E-state index is 0.00306. The Labute approximate surface area is 74.4 Å². The number of unbranched alkanes of at least 4 members (excludes halogenated alkanes) is 1. The van der Waals surface area contributed by atoms with Gasteiger partial charge in [0.15, 0.2) is 5.34 Å². The smallest absolute Gasteiger partial charge is 0.155 e. The van der Waals surface area contributed by atoms with Crippen molar-refractivity contribution in [2.45, 2.75) is 53.1 Å². The van der Waals surface area contributed by atoms with Crippen LogP contribution in [-0.4, -0.2) is 6.10 Å². The third-order valence-corrected chi connectivity index (χ3v) is 1.96. The zero-order chi connectivity index (χ0) is 9.61. The average Bonchev–Trinajstić information content (AvgIpc) is 1.95. The monoisotopic (exact) mass is 173 g/mol. The van der Waals surface area contributed by atoms with Crippen molar-refractivity contribution in [1.82, 2.24) is 0 Å². The predicted octanol–water partition coefficient (Wildman–Crippen LogP) is 3.29. The largest absolute Gasteiger partial charge is 0.360 e. The van der Waals surface area contributed by atoms with Crippen LogP contribution in [0.25, 0.3) is 0 Å². The molecule has 3 heteroatoms. The fourth-order valence-corrected chi connectivity index (χ4v) is 1.09. The molecule has 0 N–H and O–H groups in total. The maximum absolute atomic E-state index is 9.95. The topological polar surface area (TPSA) is 38.7 Å². The normalized spacial score (nSPS) is 14.0. The van der Waals surface area contributed by atoms with E-state index in [0.717, 1.165) is 19.3 Å². The summed E-state index contributed by atoms with van der Waals surface area (Å²) in [6.45, 7) is 8.28. The molecule has 0 aromatic rings. The van der Waals surface area contributed by atoms with E-state index in [0.29, 0.717) is 0 Å². The molecule has 72 valence electrons. The summed E-state index contributed by atoms with van der Waals surface area (Å²) in [5.74, 6) is 0. The van der Waals surface area contributed by atoms with E-state index in [1.54, 1.807) is 0 Å². The molecule has 0 fully saturated rings. The van der Waals surface area contributed by atoms with Gasteiger partial charge >= 0.3 is 0 Å². The first-order valence-electron chi connectivity index (χ1n) is 4.50. The van der Waals surface area contributed by atoms with E-state index in [-0.39, 0.29) is 11.5 Å². The molecule has 0 saturated heterocycles. The van der Waals surface area contributed by atoms with Gasteiger partial charge in [0, 0.05) is 5.41 Å². The van der Waals surface area contributed by atoms with E-state index in [4.69, 9.17) is 4.84 Å². The Morgan fingerprint density at radius 1 is 1.42 bits per heavy atom. The zero-order valence-electron chi connectivity index (χ0n) is 8.46. The fraction of sp³-hybridized carbons (Fsp3) is 1.00. The second-order valence-corrected chi connectivity index (χ2v) is 4.18. The van der Waals surface area contributed by atoms with Crippen molar-refractivity contribution in [2.24, 2.45) is 10.8 Å². The lowest BCUT2D eigenvalue weighted by molar-refractivity contribution is -0.0238. The first-order valence-corrected chi connectivity index (χ1v) is 4.50. The molecule has 0 aromatic carbocycles. The van der Waals surface area contributed by atoms with Gasteiger partial charge in [0.1, 0.15) is 6.10 Å². The number of hydrogen-bond acceptors (Lipinski definition) is 3. The summed E-state index contributed by atoms with van der Waals surface area (Å²) in [6.07, 6.45) is 3.06. The highest BCUT2D eigenvalue weighted by molar-refractivity contribution is 4.73. The van der Waals surface area contributed by atoms with Crippen molar-refractivity contribution in [1.29, 1.82) is 0 Å². The predicted molar refractivity (Wildman–Crippen MR) is 49.6 cm³/mol. The molecular weight excluding hydrogens is 154 g/mol. The molecule has 0 bridgehead atoms. The Kier molecular flexibility index (Phi) is 4.86. The molecule has 0 radical (unpaired) electrons. The highest BCUT2D eigenvalue weighted by atomic mass is 16.7. The minimum atomic E-state index is -0.0463. The summed E-state index contributed by atoms with van der Waals surface area (Å²) < 4.78 is 0. The zero-order valence-corrected chi connectivity index (χ0v) is 8.46. The lowest BCUT2D eigenvalue weighted by Gasteiger charge is -2.26. The molecule has 12 heavy (non-hydrogen) atoms. The summed E-state index contributed by atoms with van der Waals surface area (Å²) in [4.78, 5) is 14.7. The minimum Gasteiger partial charge on any atom is -0.360 e. The van der Waals surface area contributed by atoms with Gasteiger partial charge in [0.05, 0.1) is 0 Å².